The second kappa shape index (κ2) is 15.7. The van der Waals surface area contributed by atoms with Crippen LogP contribution in [0.25, 0.3) is 0 Å². The topological polar surface area (TPSA) is 0 Å². The molecule has 0 atom stereocenters. The van der Waals surface area contributed by atoms with Crippen LogP contribution in [0.4, 0.5) is 0 Å². The maximum absolute atomic E-state index is 0. The molecule has 0 aliphatic carbocycles. The summed E-state index contributed by atoms with van der Waals surface area (Å²) in [6, 6.07) is 0. The summed E-state index contributed by atoms with van der Waals surface area (Å²) in [5.41, 5.74) is 0. The van der Waals surface area contributed by atoms with Gasteiger partial charge in [-0.2, -0.15) is 0 Å². The first kappa shape index (κ1) is 23.1. The summed E-state index contributed by atoms with van der Waals surface area (Å²) < 4.78 is 0. The maximum atomic E-state index is 0. The summed E-state index contributed by atoms with van der Waals surface area (Å²) in [6.45, 7) is 0. The third-order valence-corrected chi connectivity index (χ3v) is 0. The van der Waals surface area contributed by atoms with Crippen molar-refractivity contribution in [3.05, 3.63) is 0 Å². The molecular formula is H4BaFePrSr. The molecule has 4 heteroatoms. The molecule has 0 fully saturated rings. The molecule has 4 heavy (non-hydrogen) atoms. The van der Waals surface area contributed by atoms with Gasteiger partial charge in [-0.3, -0.25) is 0 Å². The van der Waals surface area contributed by atoms with E-state index in [0.29, 0.717) is 0 Å². The summed E-state index contributed by atoms with van der Waals surface area (Å²) in [6.07, 6.45) is 0. The van der Waals surface area contributed by atoms with E-state index in [0.717, 1.165) is 0 Å². The molecule has 0 aromatic rings. The summed E-state index contributed by atoms with van der Waals surface area (Å²) in [5.74, 6) is 0. The van der Waals surface area contributed by atoms with Gasteiger partial charge in [0, 0.05) is 58.4 Å². The molecule has 0 aliphatic rings. The molecule has 0 amide bonds. The molecule has 0 saturated heterocycles. The molecule has 0 N–H and O–H groups in total. The van der Waals surface area contributed by atoms with Gasteiger partial charge in [0.05, 0.1) is 0 Å². The van der Waals surface area contributed by atoms with Crippen molar-refractivity contribution in [3.63, 3.8) is 0 Å². The van der Waals surface area contributed by atoms with Crippen LogP contribution in [0.2, 0.25) is 0 Å². The molecule has 0 aliphatic heterocycles. The fourth-order valence-corrected chi connectivity index (χ4v) is 0. The average Bonchev–Trinajstić information content (AvgIpc) is 0. The van der Waals surface area contributed by atoms with Gasteiger partial charge >= 0.3 is 94.4 Å². The minimum absolute atomic E-state index is 0. The Morgan fingerprint density at radius 2 is 1.00 bits per heavy atom. The van der Waals surface area contributed by atoms with Gasteiger partial charge in [-0.25, -0.2) is 0 Å². The van der Waals surface area contributed by atoms with Crippen LogP contribution in [0, 0.1) is 41.3 Å². The Hall–Kier alpha value is 4.94. The van der Waals surface area contributed by atoms with Gasteiger partial charge in [0.25, 0.3) is 0 Å². The van der Waals surface area contributed by atoms with E-state index in [2.05, 4.69) is 0 Å². The standard InChI is InChI=1S/Ba.Fe.Pr.Sr.4H. The second-order valence-electron chi connectivity index (χ2n) is 0. The predicted molar refractivity (Wildman–Crippen MR) is 17.1 cm³/mol. The minimum atomic E-state index is 0. The quantitative estimate of drug-likeness (QED) is 0.401. The number of hydrogen-bond acceptors (Lipinski definition) is 0. The van der Waals surface area contributed by atoms with E-state index in [1.54, 1.807) is 0 Å². The first-order valence-electron chi connectivity index (χ1n) is 0. The van der Waals surface area contributed by atoms with Crippen LogP contribution in [0.15, 0.2) is 0 Å². The van der Waals surface area contributed by atoms with Crippen LogP contribution in [0.1, 0.15) is 0 Å². The van der Waals surface area contributed by atoms with Crippen molar-refractivity contribution in [1.29, 1.82) is 0 Å². The second-order valence-corrected chi connectivity index (χ2v) is 0. The van der Waals surface area contributed by atoms with Gasteiger partial charge in [0.2, 0.25) is 0 Å². The molecule has 0 spiro atoms. The Morgan fingerprint density at radius 3 is 1.00 bits per heavy atom. The summed E-state index contributed by atoms with van der Waals surface area (Å²) in [5, 5.41) is 0. The average molecular weight is 426 g/mol. The van der Waals surface area contributed by atoms with Gasteiger partial charge in [-0.05, 0) is 0 Å². The van der Waals surface area contributed by atoms with Crippen LogP contribution in [0.5, 0.6) is 0 Å². The summed E-state index contributed by atoms with van der Waals surface area (Å²) >= 11 is 0. The van der Waals surface area contributed by atoms with Crippen molar-refractivity contribution in [3.8, 4) is 0 Å². The number of hydrogen-bond donors (Lipinski definition) is 0. The van der Waals surface area contributed by atoms with E-state index in [9.17, 15) is 0 Å². The van der Waals surface area contributed by atoms with Crippen molar-refractivity contribution in [1.82, 2.24) is 0 Å². The summed E-state index contributed by atoms with van der Waals surface area (Å²) in [7, 11) is 0. The molecule has 0 aromatic carbocycles. The Kier molecular flexibility index (Phi) is 90.5. The zero-order valence-electron chi connectivity index (χ0n) is 0.931. The van der Waals surface area contributed by atoms with Crippen LogP contribution in [0.3, 0.4) is 0 Å². The fourth-order valence-electron chi connectivity index (χ4n) is 0. The third kappa shape index (κ3) is 10.0. The van der Waals surface area contributed by atoms with Crippen molar-refractivity contribution < 1.29 is 58.4 Å². The Morgan fingerprint density at radius 1 is 1.00 bits per heavy atom. The van der Waals surface area contributed by atoms with E-state index in [1.807, 2.05) is 0 Å². The van der Waals surface area contributed by atoms with Gasteiger partial charge in [-0.1, -0.05) is 0 Å². The van der Waals surface area contributed by atoms with Crippen molar-refractivity contribution in [2.24, 2.45) is 0 Å². The van der Waals surface area contributed by atoms with Gasteiger partial charge in [-0.15, -0.1) is 0 Å². The molecule has 19 valence electrons. The Bertz CT molecular complexity index is 8.00. The van der Waals surface area contributed by atoms with Crippen LogP contribution < -0.4 is 0 Å². The van der Waals surface area contributed by atoms with Crippen molar-refractivity contribution in [2.45, 2.75) is 0 Å². The Balaban J connectivity index is 0. The number of rotatable bonds is 0. The Labute approximate surface area is 147 Å². The molecule has 0 rings (SSSR count). The van der Waals surface area contributed by atoms with Crippen molar-refractivity contribution in [2.75, 3.05) is 0 Å². The van der Waals surface area contributed by atoms with Gasteiger partial charge in [0.1, 0.15) is 0 Å². The van der Waals surface area contributed by atoms with Gasteiger partial charge in [0.15, 0.2) is 0 Å². The molecule has 0 nitrogen and oxygen atoms in total. The molecule has 0 aromatic heterocycles. The molecule has 0 bridgehead atoms. The van der Waals surface area contributed by atoms with E-state index < -0.39 is 0 Å². The fraction of sp³-hybridized carbons (Fsp3) is 0. The van der Waals surface area contributed by atoms with Crippen molar-refractivity contribution >= 4 is 94.4 Å². The summed E-state index contributed by atoms with van der Waals surface area (Å²) in [4.78, 5) is 0. The van der Waals surface area contributed by atoms with Crippen LogP contribution >= 0.6 is 0 Å². The SMILES string of the molecule is [BaH2].[Fe].[Pr].[SrH2]. The van der Waals surface area contributed by atoms with E-state index >= 15 is 0 Å². The molecule has 1 radical (unpaired) electrons. The normalized spacial score (nSPS) is 0. The third-order valence-electron chi connectivity index (χ3n) is 0. The monoisotopic (exact) mass is 427 g/mol. The first-order valence-corrected chi connectivity index (χ1v) is 0. The van der Waals surface area contributed by atoms with E-state index in [4.69, 9.17) is 0 Å². The zero-order chi connectivity index (χ0) is 0. The van der Waals surface area contributed by atoms with E-state index in [1.165, 1.54) is 0 Å². The molecule has 0 saturated carbocycles. The zero-order valence-corrected chi connectivity index (χ0v) is 5.74. The van der Waals surface area contributed by atoms with Crippen LogP contribution in [-0.4, -0.2) is 94.4 Å². The van der Waals surface area contributed by atoms with E-state index in [-0.39, 0.29) is 153 Å². The molecule has 0 heterocycles. The first-order chi connectivity index (χ1) is 0. The molecular weight excluding hydrogens is 422 g/mol. The molecule has 0 unspecified atom stereocenters. The van der Waals surface area contributed by atoms with Crippen LogP contribution in [-0.2, 0) is 17.1 Å². The predicted octanol–water partition coefficient (Wildman–Crippen LogP) is -1.83. The van der Waals surface area contributed by atoms with Gasteiger partial charge < -0.3 is 0 Å².